The maximum Gasteiger partial charge on any atom is 0.510 e. The first-order chi connectivity index (χ1) is 34.1. The molecular formula is C53H97N3O12P+. The number of aromatic nitrogens is 3. The monoisotopic (exact) mass is 999 g/mol. The molecule has 0 aliphatic rings. The highest BCUT2D eigenvalue weighted by atomic mass is 31.1. The maximum absolute atomic E-state index is 11.4. The van der Waals surface area contributed by atoms with Crippen LogP contribution in [0.2, 0.25) is 0 Å². The third-order valence-corrected chi connectivity index (χ3v) is 12.5. The van der Waals surface area contributed by atoms with E-state index in [9.17, 15) is 4.57 Å². The Kier molecular flexibility index (Phi) is 43.7. The smallest absolute Gasteiger partial charge is 0.493 e. The molecule has 1 aromatic heterocycles. The zero-order valence-electron chi connectivity index (χ0n) is 43.9. The summed E-state index contributed by atoms with van der Waals surface area (Å²) in [4.78, 5) is 0. The Labute approximate surface area is 419 Å². The molecule has 0 aliphatic carbocycles. The van der Waals surface area contributed by atoms with Crippen molar-refractivity contribution in [3.63, 3.8) is 0 Å². The third-order valence-electron chi connectivity index (χ3n) is 11.4. The largest absolute Gasteiger partial charge is 0.510 e. The normalized spacial score (nSPS) is 11.8. The SMILES string of the molecule is CCCCCCCCCCCCOc1cc(Cn2cc(COCCOCCOCCOCCOCCOCCOCCOCC[P+](=O)OCC)nn2)cc(OCCCCCCCCCCCC)c1C. The Bertz CT molecular complexity index is 1390. The summed E-state index contributed by atoms with van der Waals surface area (Å²) in [5.74, 6) is 1.79. The molecule has 15 nitrogen and oxygen atoms in total. The standard InChI is InChI=1S/C53H97N3O12P/c1-5-8-10-12-14-16-18-20-22-24-26-66-52-44-50(45-53(49(52)4)67-27-25-23-21-19-17-15-13-11-9-6-2)46-56-47-51(54-55-56)48-65-41-40-63-37-36-61-33-32-59-29-28-58-30-31-60-34-35-62-38-39-64-42-43-69(57)68-7-3/h44-45,47H,5-43,46,48H2,1-4H3/q+1. The molecule has 0 N–H and O–H groups in total. The minimum Gasteiger partial charge on any atom is -0.493 e. The Balaban J connectivity index is 1.55. The van der Waals surface area contributed by atoms with E-state index in [0.717, 1.165) is 41.2 Å². The van der Waals surface area contributed by atoms with Crippen LogP contribution in [0.15, 0.2) is 18.3 Å². The summed E-state index contributed by atoms with van der Waals surface area (Å²) in [7, 11) is -1.62. The number of ether oxygens (including phenoxy) is 10. The van der Waals surface area contributed by atoms with E-state index in [-0.39, 0.29) is 0 Å². The summed E-state index contributed by atoms with van der Waals surface area (Å²) in [6.45, 7) is 18.4. The van der Waals surface area contributed by atoms with Gasteiger partial charge in [-0.15, -0.1) is 9.62 Å². The molecule has 400 valence electrons. The van der Waals surface area contributed by atoms with E-state index in [2.05, 4.69) is 43.2 Å². The molecule has 0 saturated carbocycles. The van der Waals surface area contributed by atoms with E-state index in [1.807, 2.05) is 17.8 Å². The van der Waals surface area contributed by atoms with Crippen molar-refractivity contribution in [2.75, 3.05) is 125 Å². The average molecular weight is 999 g/mol. The summed E-state index contributed by atoms with van der Waals surface area (Å²) in [6, 6.07) is 4.28. The van der Waals surface area contributed by atoms with Gasteiger partial charge in [-0.2, -0.15) is 0 Å². The highest BCUT2D eigenvalue weighted by Gasteiger charge is 2.15. The predicted molar refractivity (Wildman–Crippen MR) is 274 cm³/mol. The van der Waals surface area contributed by atoms with Gasteiger partial charge in [-0.05, 0) is 49.0 Å². The zero-order valence-corrected chi connectivity index (χ0v) is 44.8. The quantitative estimate of drug-likeness (QED) is 0.0457. The van der Waals surface area contributed by atoms with E-state index < -0.39 is 8.03 Å². The van der Waals surface area contributed by atoms with Gasteiger partial charge in [0, 0.05) is 5.56 Å². The number of rotatable bonds is 54. The van der Waals surface area contributed by atoms with Crippen LogP contribution in [0.4, 0.5) is 0 Å². The predicted octanol–water partition coefficient (Wildman–Crippen LogP) is 11.6. The fourth-order valence-corrected chi connectivity index (χ4v) is 8.08. The van der Waals surface area contributed by atoms with Crippen LogP contribution in [-0.2, 0) is 60.1 Å². The second-order valence-corrected chi connectivity index (χ2v) is 18.9. The highest BCUT2D eigenvalue weighted by molar-refractivity contribution is 7.39. The molecule has 0 saturated heterocycles. The van der Waals surface area contributed by atoms with E-state index in [0.29, 0.717) is 138 Å². The molecule has 2 aromatic rings. The van der Waals surface area contributed by atoms with Gasteiger partial charge in [0.1, 0.15) is 17.2 Å². The third kappa shape index (κ3) is 38.1. The van der Waals surface area contributed by atoms with Gasteiger partial charge in [-0.1, -0.05) is 135 Å². The van der Waals surface area contributed by atoms with Crippen LogP contribution < -0.4 is 9.47 Å². The fourth-order valence-electron chi connectivity index (χ4n) is 7.38. The second kappa shape index (κ2) is 48.0. The van der Waals surface area contributed by atoms with Crippen molar-refractivity contribution in [1.29, 1.82) is 0 Å². The van der Waals surface area contributed by atoms with Crippen LogP contribution in [0, 0.1) is 6.92 Å². The van der Waals surface area contributed by atoms with Crippen molar-refractivity contribution in [2.45, 2.75) is 169 Å². The molecule has 1 atom stereocenters. The number of benzene rings is 1. The van der Waals surface area contributed by atoms with Crippen molar-refractivity contribution >= 4 is 8.03 Å². The summed E-state index contributed by atoms with van der Waals surface area (Å²) in [6.07, 6.45) is 28.4. The summed E-state index contributed by atoms with van der Waals surface area (Å²) in [5, 5.41) is 8.75. The number of nitrogens with zero attached hydrogens (tertiary/aromatic N) is 3. The number of hydrogen-bond acceptors (Lipinski definition) is 14. The molecule has 2 rings (SSSR count). The van der Waals surface area contributed by atoms with Crippen LogP contribution in [0.1, 0.15) is 166 Å². The van der Waals surface area contributed by atoms with Crippen molar-refractivity contribution in [2.24, 2.45) is 0 Å². The van der Waals surface area contributed by atoms with Gasteiger partial charge >= 0.3 is 8.03 Å². The number of unbranched alkanes of at least 4 members (excludes halogenated alkanes) is 18. The lowest BCUT2D eigenvalue weighted by Gasteiger charge is -2.16. The van der Waals surface area contributed by atoms with Crippen molar-refractivity contribution < 1.29 is 56.5 Å². The lowest BCUT2D eigenvalue weighted by atomic mass is 10.1. The number of hydrogen-bond donors (Lipinski definition) is 0. The fraction of sp³-hybridized carbons (Fsp3) is 0.849. The molecule has 1 heterocycles. The Hall–Kier alpha value is -2.30. The lowest BCUT2D eigenvalue weighted by molar-refractivity contribution is -0.0234. The van der Waals surface area contributed by atoms with E-state index >= 15 is 0 Å². The molecular weight excluding hydrogens is 902 g/mol. The van der Waals surface area contributed by atoms with Gasteiger partial charge < -0.3 is 47.4 Å². The topological polar surface area (TPSA) is 149 Å². The van der Waals surface area contributed by atoms with E-state index in [1.165, 1.54) is 116 Å². The zero-order chi connectivity index (χ0) is 49.3. The summed E-state index contributed by atoms with van der Waals surface area (Å²) < 4.78 is 75.5. The molecule has 16 heteroatoms. The van der Waals surface area contributed by atoms with Gasteiger partial charge in [-0.25, -0.2) is 4.68 Å². The van der Waals surface area contributed by atoms with Gasteiger partial charge in [0.15, 0.2) is 0 Å². The van der Waals surface area contributed by atoms with Crippen LogP contribution >= 0.6 is 8.03 Å². The van der Waals surface area contributed by atoms with E-state index in [4.69, 9.17) is 51.9 Å². The van der Waals surface area contributed by atoms with Gasteiger partial charge in [0.2, 0.25) is 6.16 Å². The molecule has 1 aromatic carbocycles. The molecule has 0 radical (unpaired) electrons. The Morgan fingerprint density at radius 2 is 0.826 bits per heavy atom. The minimum absolute atomic E-state index is 0.358. The van der Waals surface area contributed by atoms with Crippen molar-refractivity contribution in [1.82, 2.24) is 15.0 Å². The molecule has 0 amide bonds. The Morgan fingerprint density at radius 3 is 1.22 bits per heavy atom. The van der Waals surface area contributed by atoms with Crippen LogP contribution in [0.5, 0.6) is 11.5 Å². The molecule has 69 heavy (non-hydrogen) atoms. The molecule has 1 unspecified atom stereocenters. The van der Waals surface area contributed by atoms with Gasteiger partial charge in [0.25, 0.3) is 0 Å². The minimum atomic E-state index is -1.62. The van der Waals surface area contributed by atoms with Crippen LogP contribution in [-0.4, -0.2) is 140 Å². The van der Waals surface area contributed by atoms with Crippen LogP contribution in [0.3, 0.4) is 0 Å². The molecule has 0 bridgehead atoms. The first-order valence-electron chi connectivity index (χ1n) is 27.0. The molecule has 0 fully saturated rings. The first-order valence-corrected chi connectivity index (χ1v) is 28.4. The highest BCUT2D eigenvalue weighted by Crippen LogP contribution is 2.31. The van der Waals surface area contributed by atoms with E-state index in [1.54, 1.807) is 0 Å². The Morgan fingerprint density at radius 1 is 0.464 bits per heavy atom. The van der Waals surface area contributed by atoms with Crippen molar-refractivity contribution in [3.05, 3.63) is 35.2 Å². The maximum atomic E-state index is 11.4. The molecule has 0 aliphatic heterocycles. The summed E-state index contributed by atoms with van der Waals surface area (Å²) in [5.41, 5.74) is 2.91. The van der Waals surface area contributed by atoms with Gasteiger partial charge in [-0.3, -0.25) is 0 Å². The van der Waals surface area contributed by atoms with Crippen molar-refractivity contribution in [3.8, 4) is 11.5 Å². The summed E-state index contributed by atoms with van der Waals surface area (Å²) >= 11 is 0. The molecule has 0 spiro atoms. The van der Waals surface area contributed by atoms with Gasteiger partial charge in [0.05, 0.1) is 138 Å². The average Bonchev–Trinajstić information content (AvgIpc) is 3.80. The second-order valence-electron chi connectivity index (χ2n) is 17.5. The van der Waals surface area contributed by atoms with Crippen LogP contribution in [0.25, 0.3) is 0 Å². The lowest BCUT2D eigenvalue weighted by Crippen LogP contribution is -2.15. The first kappa shape index (κ1) is 62.8.